The van der Waals surface area contributed by atoms with Crippen molar-refractivity contribution in [2.45, 2.75) is 27.4 Å². The highest BCUT2D eigenvalue weighted by Crippen LogP contribution is 2.24. The Balaban J connectivity index is 1.84. The second-order valence-electron chi connectivity index (χ2n) is 5.62. The normalized spacial score (nSPS) is 10.8. The van der Waals surface area contributed by atoms with Crippen molar-refractivity contribution in [2.24, 2.45) is 0 Å². The molecule has 1 aromatic carbocycles. The zero-order valence-electron chi connectivity index (χ0n) is 13.7. The molecule has 0 aliphatic rings. The highest BCUT2D eigenvalue weighted by atomic mass is 35.5. The minimum absolute atomic E-state index is 0.0400. The molecule has 5 nitrogen and oxygen atoms in total. The first-order chi connectivity index (χ1) is 11.5. The first-order valence-electron chi connectivity index (χ1n) is 7.50. The van der Waals surface area contributed by atoms with Crippen molar-refractivity contribution in [3.05, 3.63) is 69.8 Å². The van der Waals surface area contributed by atoms with E-state index in [1.165, 1.54) is 0 Å². The lowest BCUT2D eigenvalue weighted by atomic mass is 10.2. The number of rotatable bonds is 4. The van der Waals surface area contributed by atoms with Crippen molar-refractivity contribution in [2.75, 3.05) is 0 Å². The summed E-state index contributed by atoms with van der Waals surface area (Å²) in [6.07, 6.45) is 0. The summed E-state index contributed by atoms with van der Waals surface area (Å²) in [5.74, 6) is 0.171. The first-order valence-corrected chi connectivity index (χ1v) is 7.87. The number of carbonyl (C=O) groups is 1. The highest BCUT2D eigenvalue weighted by molar-refractivity contribution is 6.33. The molecule has 0 fully saturated rings. The van der Waals surface area contributed by atoms with Crippen LogP contribution in [0.3, 0.4) is 0 Å². The van der Waals surface area contributed by atoms with E-state index in [0.717, 1.165) is 17.1 Å². The molecule has 124 valence electrons. The Morgan fingerprint density at radius 2 is 1.88 bits per heavy atom. The predicted octanol–water partition coefficient (Wildman–Crippen LogP) is 4.40. The third kappa shape index (κ3) is 3.21. The molecule has 2 aromatic heterocycles. The molecule has 0 atom stereocenters. The summed E-state index contributed by atoms with van der Waals surface area (Å²) in [4.78, 5) is 12.4. The van der Waals surface area contributed by atoms with E-state index < -0.39 is 5.97 Å². The predicted molar refractivity (Wildman–Crippen MR) is 90.6 cm³/mol. The van der Waals surface area contributed by atoms with Crippen LogP contribution in [0, 0.1) is 20.8 Å². The van der Waals surface area contributed by atoms with Gasteiger partial charge in [0.15, 0.2) is 0 Å². The van der Waals surface area contributed by atoms with Gasteiger partial charge in [0.05, 0.1) is 10.6 Å². The average Bonchev–Trinajstić information content (AvgIpc) is 3.11. The Labute approximate surface area is 144 Å². The Hall–Kier alpha value is -2.53. The molecule has 0 saturated heterocycles. The summed E-state index contributed by atoms with van der Waals surface area (Å²) in [7, 11) is 0. The zero-order valence-corrected chi connectivity index (χ0v) is 14.4. The van der Waals surface area contributed by atoms with Gasteiger partial charge in [0.1, 0.15) is 18.1 Å². The lowest BCUT2D eigenvalue weighted by molar-refractivity contribution is 0.0464. The van der Waals surface area contributed by atoms with E-state index in [9.17, 15) is 4.79 Å². The van der Waals surface area contributed by atoms with E-state index >= 15 is 0 Å². The van der Waals surface area contributed by atoms with E-state index in [1.54, 1.807) is 25.1 Å². The largest absolute Gasteiger partial charge is 0.455 e. The van der Waals surface area contributed by atoms with Gasteiger partial charge in [-0.2, -0.15) is 0 Å². The molecule has 0 spiro atoms. The van der Waals surface area contributed by atoms with Crippen molar-refractivity contribution in [3.63, 3.8) is 0 Å². The maximum Gasteiger partial charge on any atom is 0.340 e. The van der Waals surface area contributed by atoms with Gasteiger partial charge < -0.3 is 13.8 Å². The molecule has 3 rings (SSSR count). The van der Waals surface area contributed by atoms with Crippen molar-refractivity contribution in [1.29, 1.82) is 0 Å². The molecule has 0 N–H and O–H groups in total. The van der Waals surface area contributed by atoms with Gasteiger partial charge in [-0.05, 0) is 51.1 Å². The summed E-state index contributed by atoms with van der Waals surface area (Å²) in [6.45, 7) is 5.83. The lowest BCUT2D eigenvalue weighted by Crippen LogP contribution is -2.08. The summed E-state index contributed by atoms with van der Waals surface area (Å²) in [5.41, 5.74) is 3.90. The number of halogens is 1. The average molecular weight is 345 g/mol. The highest BCUT2D eigenvalue weighted by Gasteiger charge is 2.15. The van der Waals surface area contributed by atoms with E-state index in [-0.39, 0.29) is 6.61 Å². The number of nitrogens with zero attached hydrogens (tertiary/aromatic N) is 2. The van der Waals surface area contributed by atoms with Gasteiger partial charge in [-0.1, -0.05) is 16.8 Å². The number of hydrogen-bond acceptors (Lipinski definition) is 4. The first kappa shape index (κ1) is 16.3. The van der Waals surface area contributed by atoms with Crippen molar-refractivity contribution in [3.8, 4) is 5.69 Å². The van der Waals surface area contributed by atoms with Gasteiger partial charge in [-0.3, -0.25) is 0 Å². The van der Waals surface area contributed by atoms with E-state index in [0.29, 0.717) is 22.0 Å². The van der Waals surface area contributed by atoms with Gasteiger partial charge in [0.25, 0.3) is 0 Å². The fourth-order valence-corrected chi connectivity index (χ4v) is 2.78. The quantitative estimate of drug-likeness (QED) is 0.658. The number of esters is 1. The number of aromatic nitrogens is 2. The zero-order chi connectivity index (χ0) is 17.3. The van der Waals surface area contributed by atoms with E-state index in [4.69, 9.17) is 20.9 Å². The number of aryl methyl sites for hydroxylation is 3. The summed E-state index contributed by atoms with van der Waals surface area (Å²) < 4.78 is 12.3. The van der Waals surface area contributed by atoms with Crippen LogP contribution in [0.5, 0.6) is 0 Å². The van der Waals surface area contributed by atoms with Crippen LogP contribution in [-0.4, -0.2) is 15.7 Å². The maximum absolute atomic E-state index is 12.4. The van der Waals surface area contributed by atoms with Gasteiger partial charge in [-0.15, -0.1) is 0 Å². The van der Waals surface area contributed by atoms with Crippen molar-refractivity contribution in [1.82, 2.24) is 9.72 Å². The number of benzene rings is 1. The lowest BCUT2D eigenvalue weighted by Gasteiger charge is -2.12. The third-order valence-corrected chi connectivity index (χ3v) is 4.06. The van der Waals surface area contributed by atoms with Crippen LogP contribution in [0.25, 0.3) is 5.69 Å². The molecule has 0 bridgehead atoms. The van der Waals surface area contributed by atoms with Gasteiger partial charge in [-0.25, -0.2) is 4.79 Å². The molecule has 6 heteroatoms. The molecule has 2 heterocycles. The Bertz CT molecular complexity index is 876. The molecule has 0 unspecified atom stereocenters. The fourth-order valence-electron chi connectivity index (χ4n) is 2.59. The van der Waals surface area contributed by atoms with Crippen LogP contribution < -0.4 is 0 Å². The van der Waals surface area contributed by atoms with Gasteiger partial charge >= 0.3 is 5.97 Å². The van der Waals surface area contributed by atoms with Crippen LogP contribution in [0.15, 0.2) is 40.9 Å². The monoisotopic (exact) mass is 344 g/mol. The molecular weight excluding hydrogens is 328 g/mol. The fraction of sp³-hybridized carbons (Fsp3) is 0.222. The minimum atomic E-state index is -0.495. The summed E-state index contributed by atoms with van der Waals surface area (Å²) in [5, 5.41) is 4.15. The van der Waals surface area contributed by atoms with Crippen LogP contribution in [0.1, 0.15) is 33.2 Å². The second-order valence-corrected chi connectivity index (χ2v) is 6.03. The number of ether oxygens (including phenoxy) is 1. The minimum Gasteiger partial charge on any atom is -0.455 e. The van der Waals surface area contributed by atoms with Gasteiger partial charge in [0.2, 0.25) is 0 Å². The standard InChI is InChI=1S/C18H17ClN2O3/c1-11-4-5-12(2)21(11)15-6-7-17(19)16(9-15)18(22)23-10-14-8-13(3)24-20-14/h4-9H,10H2,1-3H3. The van der Waals surface area contributed by atoms with Crippen molar-refractivity contribution < 1.29 is 14.1 Å². The SMILES string of the molecule is Cc1cc(COC(=O)c2cc(-n3c(C)ccc3C)ccc2Cl)no1. The number of carbonyl (C=O) groups excluding carboxylic acids is 1. The van der Waals surface area contributed by atoms with E-state index in [1.807, 2.05) is 36.6 Å². The summed E-state index contributed by atoms with van der Waals surface area (Å²) in [6, 6.07) is 11.1. The molecule has 0 amide bonds. The smallest absolute Gasteiger partial charge is 0.340 e. The van der Waals surface area contributed by atoms with Crippen LogP contribution in [0.2, 0.25) is 5.02 Å². The molecule has 0 aliphatic carbocycles. The van der Waals surface area contributed by atoms with Crippen LogP contribution in [-0.2, 0) is 11.3 Å². The molecule has 3 aromatic rings. The summed E-state index contributed by atoms with van der Waals surface area (Å²) >= 11 is 6.17. The topological polar surface area (TPSA) is 57.3 Å². The van der Waals surface area contributed by atoms with E-state index in [2.05, 4.69) is 5.16 Å². The van der Waals surface area contributed by atoms with Gasteiger partial charge in [0, 0.05) is 23.1 Å². The Kier molecular flexibility index (Phi) is 4.44. The molecular formula is C18H17ClN2O3. The van der Waals surface area contributed by atoms with Crippen LogP contribution in [0.4, 0.5) is 0 Å². The molecule has 0 aliphatic heterocycles. The number of hydrogen-bond donors (Lipinski definition) is 0. The van der Waals surface area contributed by atoms with Crippen molar-refractivity contribution >= 4 is 17.6 Å². The second kappa shape index (κ2) is 6.53. The maximum atomic E-state index is 12.4. The Morgan fingerprint density at radius 3 is 2.50 bits per heavy atom. The third-order valence-electron chi connectivity index (χ3n) is 3.73. The molecule has 24 heavy (non-hydrogen) atoms. The van der Waals surface area contributed by atoms with Crippen LogP contribution >= 0.6 is 11.6 Å². The Morgan fingerprint density at radius 1 is 1.17 bits per heavy atom. The molecule has 0 saturated carbocycles. The molecule has 0 radical (unpaired) electrons.